The van der Waals surface area contributed by atoms with Gasteiger partial charge in [0.15, 0.2) is 0 Å². The Kier molecular flexibility index (Phi) is 196. The molecule has 0 aromatic rings. The van der Waals surface area contributed by atoms with Crippen LogP contribution in [0.5, 0.6) is 0 Å². The van der Waals surface area contributed by atoms with Gasteiger partial charge in [0.2, 0.25) is 0 Å². The molecule has 0 saturated heterocycles. The van der Waals surface area contributed by atoms with Gasteiger partial charge in [0.25, 0.3) is 0 Å². The van der Waals surface area contributed by atoms with Crippen molar-refractivity contribution >= 4 is 23.2 Å². The maximum atomic E-state index is 4.76. The summed E-state index contributed by atoms with van der Waals surface area (Å²) in [5.74, 6) is 0. The van der Waals surface area contributed by atoms with Gasteiger partial charge in [0.1, 0.15) is 0 Å². The Labute approximate surface area is 421 Å². The lowest BCUT2D eigenvalue weighted by Crippen LogP contribution is -1.66. The van der Waals surface area contributed by atoms with Crippen LogP contribution in [0, 0.1) is 0 Å². The van der Waals surface area contributed by atoms with E-state index in [2.05, 4.69) is 138 Å². The molecule has 0 aromatic carbocycles. The Morgan fingerprint density at radius 2 is 0.159 bits per heavy atom. The molecule has 0 fully saturated rings. The maximum absolute atomic E-state index is 4.76. The van der Waals surface area contributed by atoms with Gasteiger partial charge in [-0.2, -0.15) is 0 Å². The van der Waals surface area contributed by atoms with Gasteiger partial charge in [-0.15, -0.1) is 23.2 Å². The number of unbranched alkanes of at least 4 members (excludes halogenated alkanes) is 30. The molecule has 0 nitrogen and oxygen atoms in total. The molecule has 0 N–H and O–H groups in total. The molecule has 0 unspecified atom stereocenters. The zero-order valence-corrected chi connectivity index (χ0v) is 51.3. The van der Waals surface area contributed by atoms with Gasteiger partial charge in [0.05, 0.1) is 5.34 Å². The Bertz CT molecular complexity index is 279. The Morgan fingerprint density at radius 3 is 0.175 bits per heavy atom. The summed E-state index contributed by atoms with van der Waals surface area (Å²) in [6.45, 7) is 44.6. The molecular formula is C61H142Cl2. The van der Waals surface area contributed by atoms with E-state index in [1.54, 1.807) is 0 Å². The molecule has 0 atom stereocenters. The third-order valence-corrected chi connectivity index (χ3v) is 9.57. The molecule has 0 bridgehead atoms. The summed E-state index contributed by atoms with van der Waals surface area (Å²) < 4.78 is 0. The van der Waals surface area contributed by atoms with E-state index in [9.17, 15) is 0 Å². The van der Waals surface area contributed by atoms with Crippen LogP contribution in [-0.4, -0.2) is 5.34 Å². The molecule has 0 radical (unpaired) electrons. The lowest BCUT2D eigenvalue weighted by atomic mass is 10.2. The smallest absolute Gasteiger partial charge is 0.0967 e. The predicted molar refractivity (Wildman–Crippen MR) is 315 cm³/mol. The summed E-state index contributed by atoms with van der Waals surface area (Å²) in [6.07, 6.45) is 55.4. The Hall–Kier alpha value is 0.580. The second kappa shape index (κ2) is 137. The molecule has 0 heterocycles. The van der Waals surface area contributed by atoms with Gasteiger partial charge < -0.3 is 0 Å². The molecule has 0 saturated carbocycles. The van der Waals surface area contributed by atoms with Gasteiger partial charge >= 0.3 is 0 Å². The van der Waals surface area contributed by atoms with Crippen molar-refractivity contribution in [2.24, 2.45) is 0 Å². The van der Waals surface area contributed by atoms with Crippen molar-refractivity contribution in [3.8, 4) is 0 Å². The topological polar surface area (TPSA) is 0 Å². The lowest BCUT2D eigenvalue weighted by molar-refractivity contribution is 0.702. The lowest BCUT2D eigenvalue weighted by Gasteiger charge is -1.86. The van der Waals surface area contributed by atoms with Crippen LogP contribution in [0.1, 0.15) is 395 Å². The van der Waals surface area contributed by atoms with Crippen molar-refractivity contribution in [1.82, 2.24) is 0 Å². The molecule has 0 rings (SSSR count). The van der Waals surface area contributed by atoms with E-state index in [-0.39, 0.29) is 5.34 Å². The van der Waals surface area contributed by atoms with Crippen LogP contribution in [0.4, 0.5) is 0 Å². The summed E-state index contributed by atoms with van der Waals surface area (Å²) in [6, 6.07) is 0. The molecule has 2 heteroatoms. The molecule has 0 aliphatic heterocycles. The summed E-state index contributed by atoms with van der Waals surface area (Å²) in [5, 5.41) is 0.194. The predicted octanol–water partition coefficient (Wildman–Crippen LogP) is 27.3. The number of hydrogen-bond acceptors (Lipinski definition) is 0. The first kappa shape index (κ1) is 90.1. The van der Waals surface area contributed by atoms with Gasteiger partial charge in [-0.1, -0.05) is 395 Å². The maximum Gasteiger partial charge on any atom is 0.0967 e. The highest BCUT2D eigenvalue weighted by Gasteiger charge is 1.80. The molecule has 0 aliphatic carbocycles. The van der Waals surface area contributed by atoms with Crippen LogP contribution in [0.15, 0.2) is 0 Å². The van der Waals surface area contributed by atoms with Crippen molar-refractivity contribution in [3.05, 3.63) is 0 Å². The van der Waals surface area contributed by atoms with E-state index in [1.807, 2.05) is 0 Å². The summed E-state index contributed by atoms with van der Waals surface area (Å²) in [4.78, 5) is 0. The fraction of sp³-hybridized carbons (Fsp3) is 1.00. The van der Waals surface area contributed by atoms with E-state index in [0.29, 0.717) is 0 Å². The monoisotopic (exact) mass is 945 g/mol. The van der Waals surface area contributed by atoms with E-state index < -0.39 is 0 Å². The average molecular weight is 947 g/mol. The number of rotatable bonds is 30. The van der Waals surface area contributed by atoms with E-state index in [0.717, 1.165) is 0 Å². The third kappa shape index (κ3) is 246. The highest BCUT2D eigenvalue weighted by atomic mass is 35.5. The molecular weight excluding hydrogens is 804 g/mol. The van der Waals surface area contributed by atoms with Crippen molar-refractivity contribution in [2.45, 2.75) is 395 Å². The average Bonchev–Trinajstić information content (AvgIpc) is 3.31. The summed E-state index contributed by atoms with van der Waals surface area (Å²) in [5.41, 5.74) is 0. The minimum atomic E-state index is 0.194. The van der Waals surface area contributed by atoms with Crippen LogP contribution in [0.25, 0.3) is 0 Å². The zero-order valence-electron chi connectivity index (χ0n) is 49.7. The highest BCUT2D eigenvalue weighted by molar-refractivity contribution is 6.40. The SMILES string of the molecule is CCCCCC.CCCCCC.CCCCCC.CCCCCC.CCCCCC.CCCCCC.CCCCCC.CCCCCC.CCCCCC.CCCCCC.ClCCl. The first-order valence-electron chi connectivity index (χ1n) is 29.7. The van der Waals surface area contributed by atoms with Crippen molar-refractivity contribution < 1.29 is 0 Å². The second-order valence-electron chi connectivity index (χ2n) is 17.2. The first-order valence-corrected chi connectivity index (χ1v) is 30.7. The third-order valence-electron chi connectivity index (χ3n) is 9.57. The van der Waals surface area contributed by atoms with Crippen molar-refractivity contribution in [3.63, 3.8) is 0 Å². The molecule has 0 aromatic heterocycles. The largest absolute Gasteiger partial charge is 0.109 e. The van der Waals surface area contributed by atoms with Crippen LogP contribution >= 0.6 is 23.2 Å². The standard InChI is InChI=1S/10C6H14.CH2Cl2/c10*1-3-5-6-4-2;2-1-3/h10*3-6H2,1-2H3;1H2. The molecule has 400 valence electrons. The van der Waals surface area contributed by atoms with Gasteiger partial charge in [-0.25, -0.2) is 0 Å². The van der Waals surface area contributed by atoms with Crippen molar-refractivity contribution in [1.29, 1.82) is 0 Å². The molecule has 0 amide bonds. The molecule has 0 spiro atoms. The highest BCUT2D eigenvalue weighted by Crippen LogP contribution is 2.00. The minimum Gasteiger partial charge on any atom is -0.109 e. The number of halogens is 2. The minimum absolute atomic E-state index is 0.194. The van der Waals surface area contributed by atoms with Crippen LogP contribution in [0.2, 0.25) is 0 Å². The van der Waals surface area contributed by atoms with E-state index >= 15 is 0 Å². The quantitative estimate of drug-likeness (QED) is 0.0497. The second-order valence-corrected chi connectivity index (χ2v) is 18.0. The van der Waals surface area contributed by atoms with Gasteiger partial charge in [0, 0.05) is 0 Å². The fourth-order valence-electron chi connectivity index (χ4n) is 5.00. The number of alkyl halides is 2. The number of hydrogen-bond donors (Lipinski definition) is 0. The van der Waals surface area contributed by atoms with E-state index in [4.69, 9.17) is 23.2 Å². The normalized spacial score (nSPS) is 8.86. The zero-order chi connectivity index (χ0) is 51.0. The van der Waals surface area contributed by atoms with Crippen LogP contribution < -0.4 is 0 Å². The molecule has 63 heavy (non-hydrogen) atoms. The van der Waals surface area contributed by atoms with Gasteiger partial charge in [-0.05, 0) is 0 Å². The van der Waals surface area contributed by atoms with Gasteiger partial charge in [-0.3, -0.25) is 0 Å². The van der Waals surface area contributed by atoms with Crippen LogP contribution in [-0.2, 0) is 0 Å². The van der Waals surface area contributed by atoms with Crippen molar-refractivity contribution in [2.75, 3.05) is 5.34 Å². The summed E-state index contributed by atoms with van der Waals surface area (Å²) in [7, 11) is 0. The Balaban J connectivity index is -0.0000000526. The van der Waals surface area contributed by atoms with Crippen LogP contribution in [0.3, 0.4) is 0 Å². The fourth-order valence-corrected chi connectivity index (χ4v) is 5.00. The first-order chi connectivity index (χ1) is 30.6. The Morgan fingerprint density at radius 1 is 0.127 bits per heavy atom. The summed E-state index contributed by atoms with van der Waals surface area (Å²) >= 11 is 9.53. The molecule has 0 aliphatic rings. The van der Waals surface area contributed by atoms with E-state index in [1.165, 1.54) is 257 Å².